The molecule has 6 nitrogen and oxygen atoms in total. The van der Waals surface area contributed by atoms with Gasteiger partial charge in [0.25, 0.3) is 0 Å². The zero-order valence-electron chi connectivity index (χ0n) is 14.5. The number of hydrogen-bond acceptors (Lipinski definition) is 7. The first-order valence-corrected chi connectivity index (χ1v) is 12.2. The fraction of sp³-hybridized carbons (Fsp3) is 1.00. The summed E-state index contributed by atoms with van der Waals surface area (Å²) in [6.07, 6.45) is 7.58. The Bertz CT molecular complexity index is 502. The van der Waals surface area contributed by atoms with E-state index in [2.05, 4.69) is 27.7 Å². The quantitative estimate of drug-likeness (QED) is 0.546. The minimum atomic E-state index is -2.89. The number of nitrogens with two attached hydrogens (primary N) is 1. The molecule has 8 heteroatoms. The highest BCUT2D eigenvalue weighted by Crippen LogP contribution is 2.31. The van der Waals surface area contributed by atoms with Crippen LogP contribution in [0.1, 0.15) is 38.5 Å². The molecule has 3 rings (SSSR count). The van der Waals surface area contributed by atoms with Gasteiger partial charge in [0, 0.05) is 30.6 Å². The fourth-order valence-electron chi connectivity index (χ4n) is 4.25. The van der Waals surface area contributed by atoms with Gasteiger partial charge in [-0.05, 0) is 50.2 Å². The van der Waals surface area contributed by atoms with Gasteiger partial charge >= 0.3 is 0 Å². The minimum absolute atomic E-state index is 0.0694. The molecule has 5 N–H and O–H groups in total. The molecule has 0 radical (unpaired) electrons. The largest absolute Gasteiger partial charge is 0.313 e. The lowest BCUT2D eigenvalue weighted by Crippen LogP contribution is -2.70. The fourth-order valence-corrected chi connectivity index (χ4v) is 6.59. The van der Waals surface area contributed by atoms with Gasteiger partial charge in [0.2, 0.25) is 0 Å². The van der Waals surface area contributed by atoms with Crippen LogP contribution < -0.4 is 21.7 Å². The van der Waals surface area contributed by atoms with Gasteiger partial charge in [0.15, 0.2) is 0 Å². The van der Waals surface area contributed by atoms with E-state index in [1.807, 2.05) is 0 Å². The summed E-state index contributed by atoms with van der Waals surface area (Å²) in [4.78, 5) is 0. The molecule has 2 saturated heterocycles. The highest BCUT2D eigenvalue weighted by molar-refractivity contribution is 8.00. The molecular formula is C16H32N4O2S2. The average Bonchev–Trinajstić information content (AvgIpc) is 3.07. The van der Waals surface area contributed by atoms with Crippen LogP contribution in [0.15, 0.2) is 0 Å². The maximum atomic E-state index is 11.7. The zero-order valence-corrected chi connectivity index (χ0v) is 16.2. The Morgan fingerprint density at radius 3 is 2.58 bits per heavy atom. The molecule has 140 valence electrons. The summed E-state index contributed by atoms with van der Waals surface area (Å²) in [6, 6.07) is 0.374. The van der Waals surface area contributed by atoms with E-state index >= 15 is 0 Å². The van der Waals surface area contributed by atoms with E-state index in [1.54, 1.807) is 0 Å². The van der Waals surface area contributed by atoms with Crippen LogP contribution in [-0.4, -0.2) is 62.4 Å². The molecular weight excluding hydrogens is 344 g/mol. The van der Waals surface area contributed by atoms with Crippen molar-refractivity contribution in [2.75, 3.05) is 25.1 Å². The molecule has 2 heterocycles. The monoisotopic (exact) mass is 376 g/mol. The molecule has 24 heavy (non-hydrogen) atoms. The van der Waals surface area contributed by atoms with Crippen molar-refractivity contribution >= 4 is 21.6 Å². The summed E-state index contributed by atoms with van der Waals surface area (Å²) in [6.45, 7) is 1.87. The van der Waals surface area contributed by atoms with E-state index in [-0.39, 0.29) is 17.6 Å². The van der Waals surface area contributed by atoms with E-state index in [1.165, 1.54) is 24.9 Å². The van der Waals surface area contributed by atoms with Gasteiger partial charge in [0.05, 0.1) is 17.6 Å². The normalized spacial score (nSPS) is 41.4. The summed E-state index contributed by atoms with van der Waals surface area (Å²) in [7, 11) is -2.89. The third-order valence-corrected chi connectivity index (χ3v) is 8.89. The molecule has 4 unspecified atom stereocenters. The number of rotatable bonds is 5. The van der Waals surface area contributed by atoms with Crippen molar-refractivity contribution < 1.29 is 8.42 Å². The lowest BCUT2D eigenvalue weighted by Gasteiger charge is -2.42. The van der Waals surface area contributed by atoms with Crippen LogP contribution in [0.25, 0.3) is 0 Å². The van der Waals surface area contributed by atoms with Crippen LogP contribution in [0, 0.1) is 5.92 Å². The molecule has 1 saturated carbocycles. The van der Waals surface area contributed by atoms with Crippen molar-refractivity contribution in [3.8, 4) is 0 Å². The zero-order chi connectivity index (χ0) is 17.2. The first-order chi connectivity index (χ1) is 11.4. The summed E-state index contributed by atoms with van der Waals surface area (Å²) >= 11 is 2.06. The van der Waals surface area contributed by atoms with E-state index in [9.17, 15) is 8.42 Å². The van der Waals surface area contributed by atoms with Crippen molar-refractivity contribution in [1.29, 1.82) is 0 Å². The van der Waals surface area contributed by atoms with Crippen LogP contribution in [0.3, 0.4) is 0 Å². The number of piperazine rings is 1. The van der Waals surface area contributed by atoms with Crippen LogP contribution in [-0.2, 0) is 9.84 Å². The van der Waals surface area contributed by atoms with Crippen LogP contribution in [0.2, 0.25) is 0 Å². The second kappa shape index (κ2) is 8.22. The molecule has 0 aromatic rings. The maximum Gasteiger partial charge on any atom is 0.150 e. The van der Waals surface area contributed by atoms with Gasteiger partial charge in [0.1, 0.15) is 9.84 Å². The number of thioether (sulfide) groups is 1. The molecule has 0 bridgehead atoms. The molecule has 3 aliphatic rings. The van der Waals surface area contributed by atoms with Crippen LogP contribution in [0.4, 0.5) is 0 Å². The third kappa shape index (κ3) is 4.86. The average molecular weight is 377 g/mol. The number of hydrogen-bond donors (Lipinski definition) is 4. The Morgan fingerprint density at radius 1 is 1.21 bits per heavy atom. The predicted molar refractivity (Wildman–Crippen MR) is 101 cm³/mol. The van der Waals surface area contributed by atoms with Gasteiger partial charge in [-0.1, -0.05) is 0 Å². The minimum Gasteiger partial charge on any atom is -0.313 e. The van der Waals surface area contributed by atoms with E-state index < -0.39 is 9.84 Å². The summed E-state index contributed by atoms with van der Waals surface area (Å²) in [5.74, 6) is 1.81. The first kappa shape index (κ1) is 18.9. The number of nitrogens with one attached hydrogen (secondary N) is 3. The standard InChI is InChI=1S/C16H32N4O2S2/c1-24(21,22)13-6-4-11(5-7-13)14-10-18-15(17)16(20-14)19-9-12-3-2-8-23-12/h11-16,18-20H,2-10,17H2,1H3. The van der Waals surface area contributed by atoms with Crippen LogP contribution >= 0.6 is 11.8 Å². The van der Waals surface area contributed by atoms with Crippen molar-refractivity contribution in [3.05, 3.63) is 0 Å². The summed E-state index contributed by atoms with van der Waals surface area (Å²) < 4.78 is 23.4. The Balaban J connectivity index is 1.48. The highest BCUT2D eigenvalue weighted by atomic mass is 32.2. The third-order valence-electron chi connectivity index (χ3n) is 5.81. The lowest BCUT2D eigenvalue weighted by atomic mass is 9.82. The predicted octanol–water partition coefficient (Wildman–Crippen LogP) is 0.247. The molecule has 0 aromatic heterocycles. The van der Waals surface area contributed by atoms with Crippen LogP contribution in [0.5, 0.6) is 0 Å². The summed E-state index contributed by atoms with van der Waals surface area (Å²) in [5.41, 5.74) is 6.21. The lowest BCUT2D eigenvalue weighted by molar-refractivity contribution is 0.170. The highest BCUT2D eigenvalue weighted by Gasteiger charge is 2.36. The summed E-state index contributed by atoms with van der Waals surface area (Å²) in [5, 5.41) is 11.3. The second-order valence-electron chi connectivity index (χ2n) is 7.59. The van der Waals surface area contributed by atoms with E-state index in [4.69, 9.17) is 5.73 Å². The Labute approximate surface area is 150 Å². The van der Waals surface area contributed by atoms with Gasteiger partial charge in [-0.25, -0.2) is 8.42 Å². The molecule has 0 spiro atoms. The molecule has 2 aliphatic heterocycles. The molecule has 0 aromatic carbocycles. The smallest absolute Gasteiger partial charge is 0.150 e. The van der Waals surface area contributed by atoms with Crippen molar-refractivity contribution in [3.63, 3.8) is 0 Å². The second-order valence-corrected chi connectivity index (χ2v) is 11.3. The van der Waals surface area contributed by atoms with Gasteiger partial charge in [-0.2, -0.15) is 11.8 Å². The SMILES string of the molecule is CS(=O)(=O)C1CCC(C2CNC(N)C(NCC3CCCS3)N2)CC1. The van der Waals surface area contributed by atoms with E-state index in [0.29, 0.717) is 17.2 Å². The topological polar surface area (TPSA) is 96.2 Å². The van der Waals surface area contributed by atoms with Gasteiger partial charge in [-0.3, -0.25) is 16.0 Å². The van der Waals surface area contributed by atoms with Crippen molar-refractivity contribution in [2.45, 2.75) is 67.4 Å². The maximum absolute atomic E-state index is 11.7. The van der Waals surface area contributed by atoms with Gasteiger partial charge < -0.3 is 5.73 Å². The van der Waals surface area contributed by atoms with Crippen molar-refractivity contribution in [2.24, 2.45) is 11.7 Å². The van der Waals surface area contributed by atoms with Crippen molar-refractivity contribution in [1.82, 2.24) is 16.0 Å². The molecule has 0 amide bonds. The molecule has 3 fully saturated rings. The Kier molecular flexibility index (Phi) is 6.48. The Hall–Kier alpha value is 0.140. The first-order valence-electron chi connectivity index (χ1n) is 9.22. The number of sulfone groups is 1. The molecule has 4 atom stereocenters. The van der Waals surface area contributed by atoms with Gasteiger partial charge in [-0.15, -0.1) is 0 Å². The molecule has 1 aliphatic carbocycles. The Morgan fingerprint density at radius 2 is 1.96 bits per heavy atom. The van der Waals surface area contributed by atoms with E-state index in [0.717, 1.165) is 38.8 Å².